The van der Waals surface area contributed by atoms with Crippen LogP contribution < -0.4 is 10.6 Å². The fraction of sp³-hybridized carbons (Fsp3) is 0.684. The van der Waals surface area contributed by atoms with Crippen LogP contribution >= 0.6 is 15.9 Å². The summed E-state index contributed by atoms with van der Waals surface area (Å²) in [5.74, 6) is -0.748. The lowest BCUT2D eigenvalue weighted by atomic mass is 9.86. The Labute approximate surface area is 179 Å². The number of likely N-dealkylation sites (N-methyl/N-ethyl adjacent to an activating group) is 1. The Balaban J connectivity index is 2.27. The number of halogens is 1. The minimum absolute atomic E-state index is 0.184. The van der Waals surface area contributed by atoms with Crippen molar-refractivity contribution in [2.45, 2.75) is 66.3 Å². The molecule has 1 aliphatic heterocycles. The van der Waals surface area contributed by atoms with Gasteiger partial charge in [-0.05, 0) is 42.1 Å². The third-order valence-electron chi connectivity index (χ3n) is 4.48. The number of aromatic nitrogens is 2. The molecule has 1 aromatic rings. The molecule has 0 fully saturated rings. The zero-order valence-corrected chi connectivity index (χ0v) is 19.6. The van der Waals surface area contributed by atoms with Crippen LogP contribution in [0, 0.1) is 5.41 Å². The molecule has 29 heavy (non-hydrogen) atoms. The summed E-state index contributed by atoms with van der Waals surface area (Å²) < 4.78 is 7.80. The molecule has 0 spiro atoms. The Hall–Kier alpha value is -2.10. The lowest BCUT2D eigenvalue weighted by Crippen LogP contribution is -2.53. The van der Waals surface area contributed by atoms with Crippen LogP contribution in [-0.2, 0) is 22.6 Å². The van der Waals surface area contributed by atoms with Crippen molar-refractivity contribution in [2.75, 3.05) is 13.6 Å². The molecule has 0 saturated heterocycles. The monoisotopic (exact) mass is 471 g/mol. The maximum atomic E-state index is 13.0. The van der Waals surface area contributed by atoms with Gasteiger partial charge in [0.05, 0.1) is 12.2 Å². The zero-order chi connectivity index (χ0) is 22.1. The number of nitrogens with zero attached hydrogens (tertiary/aromatic N) is 3. The summed E-state index contributed by atoms with van der Waals surface area (Å²) in [5, 5.41) is 5.37. The van der Waals surface area contributed by atoms with E-state index in [1.54, 1.807) is 25.7 Å². The maximum absolute atomic E-state index is 13.0. The summed E-state index contributed by atoms with van der Waals surface area (Å²) in [4.78, 5) is 43.6. The first-order valence-corrected chi connectivity index (χ1v) is 10.3. The second-order valence-corrected chi connectivity index (χ2v) is 9.83. The van der Waals surface area contributed by atoms with Crippen LogP contribution in [0.1, 0.15) is 57.7 Å². The summed E-state index contributed by atoms with van der Waals surface area (Å²) >= 11 is 3.38. The van der Waals surface area contributed by atoms with E-state index in [0.29, 0.717) is 23.5 Å². The molecule has 10 heteroatoms. The number of ether oxygens (including phenoxy) is 1. The van der Waals surface area contributed by atoms with E-state index in [4.69, 9.17) is 4.74 Å². The van der Waals surface area contributed by atoms with Gasteiger partial charge in [0.2, 0.25) is 5.91 Å². The van der Waals surface area contributed by atoms with Crippen molar-refractivity contribution in [3.8, 4) is 0 Å². The van der Waals surface area contributed by atoms with Crippen LogP contribution in [0.25, 0.3) is 0 Å². The van der Waals surface area contributed by atoms with Crippen molar-refractivity contribution in [1.82, 2.24) is 25.1 Å². The van der Waals surface area contributed by atoms with Crippen molar-refractivity contribution in [3.05, 3.63) is 16.1 Å². The highest BCUT2D eigenvalue weighted by Gasteiger charge is 2.35. The van der Waals surface area contributed by atoms with Gasteiger partial charge in [-0.3, -0.25) is 9.59 Å². The molecule has 0 aliphatic carbocycles. The predicted molar refractivity (Wildman–Crippen MR) is 111 cm³/mol. The van der Waals surface area contributed by atoms with Crippen molar-refractivity contribution >= 4 is 33.8 Å². The first-order valence-electron chi connectivity index (χ1n) is 9.50. The molecule has 0 bridgehead atoms. The number of carbonyl (C=O) groups excluding carboxylic acids is 3. The average Bonchev–Trinajstić information content (AvgIpc) is 2.92. The van der Waals surface area contributed by atoms with Crippen molar-refractivity contribution < 1.29 is 19.1 Å². The maximum Gasteiger partial charge on any atom is 0.410 e. The molecule has 2 heterocycles. The molecule has 0 aromatic carbocycles. The van der Waals surface area contributed by atoms with Gasteiger partial charge in [-0.15, -0.1) is 0 Å². The Morgan fingerprint density at radius 2 is 1.76 bits per heavy atom. The quantitative estimate of drug-likeness (QED) is 0.703. The van der Waals surface area contributed by atoms with E-state index in [0.717, 1.165) is 0 Å². The van der Waals surface area contributed by atoms with Gasteiger partial charge in [0, 0.05) is 20.1 Å². The molecule has 3 amide bonds. The number of hydrogen-bond donors (Lipinski definition) is 2. The fourth-order valence-electron chi connectivity index (χ4n) is 3.01. The van der Waals surface area contributed by atoms with Crippen LogP contribution in [0.2, 0.25) is 0 Å². The second-order valence-electron chi connectivity index (χ2n) is 9.12. The minimum atomic E-state index is -0.735. The smallest absolute Gasteiger partial charge is 0.410 e. The number of carbonyl (C=O) groups is 3. The molecule has 2 N–H and O–H groups in total. The Kier molecular flexibility index (Phi) is 6.66. The Morgan fingerprint density at radius 1 is 1.14 bits per heavy atom. The molecular weight excluding hydrogens is 442 g/mol. The molecule has 0 radical (unpaired) electrons. The Bertz CT molecular complexity index is 807. The van der Waals surface area contributed by atoms with Crippen molar-refractivity contribution in [3.63, 3.8) is 0 Å². The van der Waals surface area contributed by atoms with E-state index < -0.39 is 29.1 Å². The van der Waals surface area contributed by atoms with E-state index in [-0.39, 0.29) is 18.1 Å². The van der Waals surface area contributed by atoms with Gasteiger partial charge in [0.1, 0.15) is 11.6 Å². The van der Waals surface area contributed by atoms with Crippen molar-refractivity contribution in [1.29, 1.82) is 0 Å². The number of fused-ring (bicyclic) bond motifs is 1. The molecular formula is C19H30BrN5O4. The number of rotatable bonds is 3. The van der Waals surface area contributed by atoms with Crippen LogP contribution in [0.4, 0.5) is 4.79 Å². The number of imidazole rings is 1. The first kappa shape index (κ1) is 23.2. The van der Waals surface area contributed by atoms with Gasteiger partial charge in [0.15, 0.2) is 10.4 Å². The fourth-order valence-corrected chi connectivity index (χ4v) is 3.58. The Morgan fingerprint density at radius 3 is 2.28 bits per heavy atom. The number of nitrogens with one attached hydrogen (secondary N) is 2. The third-order valence-corrected chi connectivity index (χ3v) is 5.08. The lowest BCUT2D eigenvalue weighted by molar-refractivity contribution is -0.124. The number of hydrogen-bond acceptors (Lipinski definition) is 5. The average molecular weight is 472 g/mol. The number of amides is 3. The molecule has 1 aliphatic rings. The largest absolute Gasteiger partial charge is 0.444 e. The highest BCUT2D eigenvalue weighted by Crippen LogP contribution is 2.25. The normalized spacial score (nSPS) is 15.4. The van der Waals surface area contributed by atoms with Gasteiger partial charge in [-0.1, -0.05) is 20.8 Å². The van der Waals surface area contributed by atoms with Crippen molar-refractivity contribution in [2.24, 2.45) is 5.41 Å². The lowest BCUT2D eigenvalue weighted by Gasteiger charge is -2.32. The molecule has 0 unspecified atom stereocenters. The molecule has 2 rings (SSSR count). The van der Waals surface area contributed by atoms with E-state index >= 15 is 0 Å². The highest BCUT2D eigenvalue weighted by atomic mass is 79.9. The SMILES string of the molecule is CNC(=O)[C@@H](NC(=O)c1nc(Br)n2c1CN(C(=O)OC(C)(C)C)CC2)C(C)(C)C. The third kappa shape index (κ3) is 5.49. The predicted octanol–water partition coefficient (Wildman–Crippen LogP) is 2.29. The van der Waals surface area contributed by atoms with Crippen LogP contribution in [0.5, 0.6) is 0 Å². The van der Waals surface area contributed by atoms with Gasteiger partial charge in [-0.25, -0.2) is 9.78 Å². The molecule has 162 valence electrons. The standard InChI is InChI=1S/C19H30BrN5O4/c1-18(2,3)13(15(27)21-7)23-14(26)12-11-10-24(17(28)29-19(4,5)6)8-9-25(11)16(20)22-12/h13H,8-10H2,1-7H3,(H,21,27)(H,23,26)/t13-/m1/s1. The second kappa shape index (κ2) is 8.33. The van der Waals surface area contributed by atoms with E-state index in [2.05, 4.69) is 31.5 Å². The molecule has 1 atom stereocenters. The van der Waals surface area contributed by atoms with Gasteiger partial charge in [0.25, 0.3) is 5.91 Å². The summed E-state index contributed by atoms with van der Waals surface area (Å²) in [6.07, 6.45) is -0.439. The summed E-state index contributed by atoms with van der Waals surface area (Å²) in [5.41, 5.74) is -0.322. The highest BCUT2D eigenvalue weighted by molar-refractivity contribution is 9.10. The van der Waals surface area contributed by atoms with Crippen LogP contribution in [-0.4, -0.2) is 57.6 Å². The summed E-state index contributed by atoms with van der Waals surface area (Å²) in [6.45, 7) is 12.1. The topological polar surface area (TPSA) is 106 Å². The van der Waals surface area contributed by atoms with Gasteiger partial charge in [-0.2, -0.15) is 0 Å². The van der Waals surface area contributed by atoms with E-state index in [1.165, 1.54) is 7.05 Å². The summed E-state index contributed by atoms with van der Waals surface area (Å²) in [7, 11) is 1.53. The summed E-state index contributed by atoms with van der Waals surface area (Å²) in [6, 6.07) is -0.735. The van der Waals surface area contributed by atoms with Gasteiger partial charge >= 0.3 is 6.09 Å². The minimum Gasteiger partial charge on any atom is -0.444 e. The molecule has 1 aromatic heterocycles. The van der Waals surface area contributed by atoms with Crippen LogP contribution in [0.15, 0.2) is 4.73 Å². The molecule has 0 saturated carbocycles. The van der Waals surface area contributed by atoms with Crippen LogP contribution in [0.3, 0.4) is 0 Å². The first-order chi connectivity index (χ1) is 13.2. The van der Waals surface area contributed by atoms with Gasteiger partial charge < -0.3 is 24.8 Å². The van der Waals surface area contributed by atoms with E-state index in [9.17, 15) is 14.4 Å². The zero-order valence-electron chi connectivity index (χ0n) is 18.1. The molecule has 9 nitrogen and oxygen atoms in total. The van der Waals surface area contributed by atoms with E-state index in [1.807, 2.05) is 25.3 Å².